The van der Waals surface area contributed by atoms with E-state index in [0.717, 1.165) is 10.5 Å². The van der Waals surface area contributed by atoms with Gasteiger partial charge in [0.1, 0.15) is 0 Å². The molecular weight excluding hydrogens is 392 g/mol. The Kier molecular flexibility index (Phi) is 7.31. The first-order valence-corrected chi connectivity index (χ1v) is 11.6. The van der Waals surface area contributed by atoms with Crippen molar-refractivity contribution in [2.24, 2.45) is 5.14 Å². The van der Waals surface area contributed by atoms with Crippen LogP contribution < -0.4 is 10.5 Å². The van der Waals surface area contributed by atoms with Crippen LogP contribution >= 0.6 is 11.8 Å². The number of hydrogen-bond donors (Lipinski definition) is 2. The molecule has 0 heterocycles. The van der Waals surface area contributed by atoms with Crippen molar-refractivity contribution in [3.8, 4) is 0 Å². The molecule has 0 atom stereocenters. The van der Waals surface area contributed by atoms with E-state index < -0.39 is 10.0 Å². The summed E-state index contributed by atoms with van der Waals surface area (Å²) in [4.78, 5) is 13.4. The van der Waals surface area contributed by atoms with Crippen LogP contribution in [-0.2, 0) is 26.7 Å². The Hall–Kier alpha value is -1.83. The van der Waals surface area contributed by atoms with E-state index in [0.29, 0.717) is 18.7 Å². The summed E-state index contributed by atoms with van der Waals surface area (Å²) in [5, 5.41) is 7.99. The number of sulfonamides is 1. The molecule has 1 amide bonds. The van der Waals surface area contributed by atoms with Gasteiger partial charge in [0.2, 0.25) is 15.9 Å². The van der Waals surface area contributed by atoms with Gasteiger partial charge in [-0.25, -0.2) is 13.6 Å². The van der Waals surface area contributed by atoms with Gasteiger partial charge in [-0.15, -0.1) is 11.8 Å². The first kappa shape index (κ1) is 22.5. The zero-order valence-electron chi connectivity index (χ0n) is 16.8. The molecular formula is C21H28N2O3S2. The maximum absolute atomic E-state index is 12.2. The van der Waals surface area contributed by atoms with Crippen molar-refractivity contribution < 1.29 is 13.2 Å². The van der Waals surface area contributed by atoms with Crippen LogP contribution in [0.2, 0.25) is 0 Å². The third-order valence-corrected chi connectivity index (χ3v) is 6.49. The van der Waals surface area contributed by atoms with Crippen LogP contribution in [0.1, 0.15) is 37.5 Å². The van der Waals surface area contributed by atoms with E-state index in [-0.39, 0.29) is 16.2 Å². The van der Waals surface area contributed by atoms with Gasteiger partial charge in [-0.05, 0) is 53.6 Å². The van der Waals surface area contributed by atoms with Gasteiger partial charge in [-0.1, -0.05) is 45.0 Å². The Morgan fingerprint density at radius 1 is 1.11 bits per heavy atom. The Morgan fingerprint density at radius 2 is 1.75 bits per heavy atom. The molecule has 2 aromatic rings. The fourth-order valence-corrected chi connectivity index (χ4v) is 4.02. The van der Waals surface area contributed by atoms with E-state index in [1.165, 1.54) is 23.3 Å². The van der Waals surface area contributed by atoms with Crippen LogP contribution in [0, 0.1) is 6.92 Å². The molecule has 0 aliphatic carbocycles. The number of aryl methyl sites for hydroxylation is 1. The van der Waals surface area contributed by atoms with Gasteiger partial charge in [0.05, 0.1) is 10.6 Å². The lowest BCUT2D eigenvalue weighted by Crippen LogP contribution is -2.27. The molecule has 0 spiro atoms. The number of amides is 1. The molecule has 0 bridgehead atoms. The molecule has 28 heavy (non-hydrogen) atoms. The van der Waals surface area contributed by atoms with Crippen molar-refractivity contribution in [1.29, 1.82) is 0 Å². The van der Waals surface area contributed by atoms with Gasteiger partial charge in [-0.2, -0.15) is 0 Å². The molecule has 0 saturated heterocycles. The summed E-state index contributed by atoms with van der Waals surface area (Å²) >= 11 is 1.54. The van der Waals surface area contributed by atoms with Crippen molar-refractivity contribution >= 4 is 27.7 Å². The minimum atomic E-state index is -3.68. The van der Waals surface area contributed by atoms with Gasteiger partial charge < -0.3 is 5.32 Å². The molecule has 0 aromatic heterocycles. The van der Waals surface area contributed by atoms with Gasteiger partial charge in [0.25, 0.3) is 0 Å². The minimum absolute atomic E-state index is 0.0216. The van der Waals surface area contributed by atoms with Crippen molar-refractivity contribution in [3.05, 3.63) is 59.2 Å². The van der Waals surface area contributed by atoms with E-state index in [1.54, 1.807) is 23.9 Å². The molecule has 0 aliphatic heterocycles. The van der Waals surface area contributed by atoms with E-state index in [4.69, 9.17) is 5.14 Å². The lowest BCUT2D eigenvalue weighted by Gasteiger charge is -2.20. The number of benzene rings is 2. The summed E-state index contributed by atoms with van der Waals surface area (Å²) in [6.45, 7) is 9.07. The summed E-state index contributed by atoms with van der Waals surface area (Å²) in [5.74, 6) is 0.338. The average Bonchev–Trinajstić information content (AvgIpc) is 2.59. The quantitative estimate of drug-likeness (QED) is 0.672. The summed E-state index contributed by atoms with van der Waals surface area (Å²) in [5.41, 5.74) is 3.43. The first-order valence-electron chi connectivity index (χ1n) is 9.09. The zero-order valence-corrected chi connectivity index (χ0v) is 18.4. The van der Waals surface area contributed by atoms with Gasteiger partial charge >= 0.3 is 0 Å². The lowest BCUT2D eigenvalue weighted by atomic mass is 9.87. The van der Waals surface area contributed by atoms with E-state index in [9.17, 15) is 13.2 Å². The maximum atomic E-state index is 12.2. The highest BCUT2D eigenvalue weighted by Crippen LogP contribution is 2.29. The molecule has 0 aliphatic rings. The summed E-state index contributed by atoms with van der Waals surface area (Å²) in [7, 11) is -3.68. The molecule has 5 nitrogen and oxygen atoms in total. The number of primary sulfonamides is 1. The second kappa shape index (κ2) is 9.11. The second-order valence-electron chi connectivity index (χ2n) is 7.81. The number of rotatable bonds is 7. The highest BCUT2D eigenvalue weighted by Gasteiger charge is 2.15. The lowest BCUT2D eigenvalue weighted by molar-refractivity contribution is -0.118. The number of nitrogens with two attached hydrogens (primary N) is 1. The summed E-state index contributed by atoms with van der Waals surface area (Å²) in [6, 6.07) is 12.8. The average molecular weight is 421 g/mol. The van der Waals surface area contributed by atoms with E-state index >= 15 is 0 Å². The van der Waals surface area contributed by atoms with Crippen molar-refractivity contribution in [2.45, 2.75) is 49.3 Å². The molecule has 0 saturated carbocycles. The summed E-state index contributed by atoms with van der Waals surface area (Å²) < 4.78 is 22.5. The number of carbonyl (C=O) groups excluding carboxylic acids is 1. The third-order valence-electron chi connectivity index (χ3n) is 4.40. The number of thioether (sulfide) groups is 1. The Balaban J connectivity index is 1.84. The van der Waals surface area contributed by atoms with Crippen LogP contribution in [0.5, 0.6) is 0 Å². The molecule has 152 valence electrons. The number of hydrogen-bond acceptors (Lipinski definition) is 4. The Labute approximate surface area is 172 Å². The van der Waals surface area contributed by atoms with Crippen LogP contribution in [-0.4, -0.2) is 26.6 Å². The SMILES string of the molecule is Cc1ccc(C(C)(C)C)cc1SCC(=O)NCCc1ccc(S(N)(=O)=O)cc1. The molecule has 2 rings (SSSR count). The highest BCUT2D eigenvalue weighted by molar-refractivity contribution is 8.00. The normalized spacial score (nSPS) is 12.0. The first-order chi connectivity index (χ1) is 13.0. The standard InChI is InChI=1S/C21H28N2O3S2/c1-15-5-8-17(21(2,3)4)13-19(15)27-14-20(24)23-12-11-16-6-9-18(10-7-16)28(22,25)26/h5-10,13H,11-12,14H2,1-4H3,(H,23,24)(H2,22,25,26). The van der Waals surface area contributed by atoms with Crippen LogP contribution in [0.3, 0.4) is 0 Å². The topological polar surface area (TPSA) is 89.3 Å². The van der Waals surface area contributed by atoms with Crippen molar-refractivity contribution in [2.75, 3.05) is 12.3 Å². The maximum Gasteiger partial charge on any atom is 0.238 e. The fraction of sp³-hybridized carbons (Fsp3) is 0.381. The molecule has 3 N–H and O–H groups in total. The van der Waals surface area contributed by atoms with E-state index in [2.05, 4.69) is 51.2 Å². The van der Waals surface area contributed by atoms with Gasteiger partial charge in [-0.3, -0.25) is 4.79 Å². The van der Waals surface area contributed by atoms with Gasteiger partial charge in [0, 0.05) is 11.4 Å². The van der Waals surface area contributed by atoms with E-state index in [1.807, 2.05) is 0 Å². The third kappa shape index (κ3) is 6.65. The minimum Gasteiger partial charge on any atom is -0.355 e. The van der Waals surface area contributed by atoms with Crippen LogP contribution in [0.25, 0.3) is 0 Å². The molecule has 0 fully saturated rings. The predicted octanol–water partition coefficient (Wildman–Crippen LogP) is 3.39. The zero-order chi connectivity index (χ0) is 20.9. The Bertz CT molecular complexity index is 931. The number of carbonyl (C=O) groups is 1. The van der Waals surface area contributed by atoms with Crippen molar-refractivity contribution in [1.82, 2.24) is 5.32 Å². The summed E-state index contributed by atoms with van der Waals surface area (Å²) in [6.07, 6.45) is 0.625. The van der Waals surface area contributed by atoms with Crippen molar-refractivity contribution in [3.63, 3.8) is 0 Å². The van der Waals surface area contributed by atoms with Gasteiger partial charge in [0.15, 0.2) is 0 Å². The number of nitrogens with one attached hydrogen (secondary N) is 1. The molecule has 7 heteroatoms. The molecule has 2 aromatic carbocycles. The largest absolute Gasteiger partial charge is 0.355 e. The smallest absolute Gasteiger partial charge is 0.238 e. The Morgan fingerprint density at radius 3 is 2.32 bits per heavy atom. The second-order valence-corrected chi connectivity index (χ2v) is 10.4. The molecule has 0 radical (unpaired) electrons. The highest BCUT2D eigenvalue weighted by atomic mass is 32.2. The monoisotopic (exact) mass is 420 g/mol. The predicted molar refractivity (Wildman–Crippen MR) is 115 cm³/mol. The van der Waals surface area contributed by atoms with Crippen LogP contribution in [0.15, 0.2) is 52.3 Å². The molecule has 0 unspecified atom stereocenters. The fourth-order valence-electron chi connectivity index (χ4n) is 2.61. The van der Waals surface area contributed by atoms with Crippen LogP contribution in [0.4, 0.5) is 0 Å².